The summed E-state index contributed by atoms with van der Waals surface area (Å²) in [6.07, 6.45) is -3.41. The van der Waals surface area contributed by atoms with Crippen molar-refractivity contribution in [1.29, 1.82) is 0 Å². The lowest BCUT2D eigenvalue weighted by atomic mass is 10.1. The Morgan fingerprint density at radius 1 is 1.23 bits per heavy atom. The van der Waals surface area contributed by atoms with Crippen molar-refractivity contribution in [3.63, 3.8) is 0 Å². The van der Waals surface area contributed by atoms with Crippen LogP contribution >= 0.6 is 0 Å². The van der Waals surface area contributed by atoms with Crippen molar-refractivity contribution in [2.45, 2.75) is 32.0 Å². The van der Waals surface area contributed by atoms with E-state index in [1.165, 1.54) is 0 Å². The van der Waals surface area contributed by atoms with Crippen molar-refractivity contribution >= 4 is 17.6 Å². The molecular weight excluding hydrogens is 301 g/mol. The SMILES string of the molecule is CCCC(NCC(=O)Nc1ccc(C(F)(F)F)cc1)C(=O)O. The lowest BCUT2D eigenvalue weighted by molar-refractivity contribution is -0.140. The Balaban J connectivity index is 2.53. The largest absolute Gasteiger partial charge is 0.480 e. The Morgan fingerprint density at radius 3 is 2.27 bits per heavy atom. The van der Waals surface area contributed by atoms with Gasteiger partial charge in [-0.05, 0) is 30.7 Å². The average Bonchev–Trinajstić information content (AvgIpc) is 2.42. The van der Waals surface area contributed by atoms with Gasteiger partial charge in [0.15, 0.2) is 0 Å². The highest BCUT2D eigenvalue weighted by Crippen LogP contribution is 2.29. The van der Waals surface area contributed by atoms with Gasteiger partial charge >= 0.3 is 12.1 Å². The number of amides is 1. The molecule has 3 N–H and O–H groups in total. The third-order valence-electron chi connectivity index (χ3n) is 2.88. The minimum atomic E-state index is -4.43. The fourth-order valence-corrected chi connectivity index (χ4v) is 1.77. The molecule has 0 bridgehead atoms. The molecule has 5 nitrogen and oxygen atoms in total. The predicted molar refractivity (Wildman–Crippen MR) is 74.4 cm³/mol. The molecule has 8 heteroatoms. The second-order valence-electron chi connectivity index (χ2n) is 4.68. The second kappa shape index (κ2) is 7.79. The highest BCUT2D eigenvalue weighted by molar-refractivity contribution is 5.92. The minimum Gasteiger partial charge on any atom is -0.480 e. The molecule has 1 atom stereocenters. The molecule has 0 aliphatic heterocycles. The van der Waals surface area contributed by atoms with Crippen molar-refractivity contribution in [1.82, 2.24) is 5.32 Å². The van der Waals surface area contributed by atoms with Crippen LogP contribution in [-0.4, -0.2) is 29.6 Å². The highest BCUT2D eigenvalue weighted by Gasteiger charge is 2.30. The van der Waals surface area contributed by atoms with Crippen LogP contribution in [0.2, 0.25) is 0 Å². The van der Waals surface area contributed by atoms with Crippen molar-refractivity contribution < 1.29 is 27.9 Å². The third-order valence-corrected chi connectivity index (χ3v) is 2.88. The van der Waals surface area contributed by atoms with Gasteiger partial charge in [-0.15, -0.1) is 0 Å². The Kier molecular flexibility index (Phi) is 6.36. The molecule has 1 rings (SSSR count). The number of hydrogen-bond donors (Lipinski definition) is 3. The molecule has 1 unspecified atom stereocenters. The van der Waals surface area contributed by atoms with Crippen LogP contribution in [0, 0.1) is 0 Å². The fourth-order valence-electron chi connectivity index (χ4n) is 1.77. The van der Waals surface area contributed by atoms with Crippen molar-refractivity contribution in [3.05, 3.63) is 29.8 Å². The van der Waals surface area contributed by atoms with E-state index in [0.29, 0.717) is 12.8 Å². The van der Waals surface area contributed by atoms with Gasteiger partial charge in [0.2, 0.25) is 5.91 Å². The van der Waals surface area contributed by atoms with Gasteiger partial charge in [0.25, 0.3) is 0 Å². The Bertz CT molecular complexity index is 515. The van der Waals surface area contributed by atoms with Gasteiger partial charge in [-0.3, -0.25) is 14.9 Å². The number of carboxylic acid groups (broad SMARTS) is 1. The highest BCUT2D eigenvalue weighted by atomic mass is 19.4. The first-order chi connectivity index (χ1) is 10.2. The Labute approximate surface area is 125 Å². The number of carbonyl (C=O) groups is 2. The first-order valence-electron chi connectivity index (χ1n) is 6.67. The molecule has 0 saturated heterocycles. The summed E-state index contributed by atoms with van der Waals surface area (Å²) in [6, 6.07) is 3.17. The third kappa shape index (κ3) is 5.72. The van der Waals surface area contributed by atoms with E-state index in [-0.39, 0.29) is 12.2 Å². The summed E-state index contributed by atoms with van der Waals surface area (Å²) < 4.78 is 37.2. The summed E-state index contributed by atoms with van der Waals surface area (Å²) in [7, 11) is 0. The molecule has 0 radical (unpaired) electrons. The normalized spacial score (nSPS) is 12.7. The van der Waals surface area contributed by atoms with Crippen LogP contribution in [-0.2, 0) is 15.8 Å². The van der Waals surface area contributed by atoms with E-state index in [4.69, 9.17) is 5.11 Å². The quantitative estimate of drug-likeness (QED) is 0.722. The van der Waals surface area contributed by atoms with Gasteiger partial charge in [-0.1, -0.05) is 13.3 Å². The maximum Gasteiger partial charge on any atom is 0.416 e. The number of hydrogen-bond acceptors (Lipinski definition) is 3. The summed E-state index contributed by atoms with van der Waals surface area (Å²) in [4.78, 5) is 22.5. The van der Waals surface area contributed by atoms with Gasteiger partial charge in [0.1, 0.15) is 6.04 Å². The zero-order valence-corrected chi connectivity index (χ0v) is 11.9. The zero-order valence-electron chi connectivity index (χ0n) is 11.9. The number of aliphatic carboxylic acids is 1. The molecule has 0 saturated carbocycles. The van der Waals surface area contributed by atoms with E-state index in [0.717, 1.165) is 24.3 Å². The van der Waals surface area contributed by atoms with Gasteiger partial charge in [0, 0.05) is 5.69 Å². The lowest BCUT2D eigenvalue weighted by Gasteiger charge is -2.13. The number of benzene rings is 1. The van der Waals surface area contributed by atoms with Crippen molar-refractivity contribution in [2.75, 3.05) is 11.9 Å². The molecule has 122 valence electrons. The molecule has 0 aromatic heterocycles. The van der Waals surface area contributed by atoms with Crippen LogP contribution in [0.3, 0.4) is 0 Å². The van der Waals surface area contributed by atoms with Crippen LogP contribution in [0.25, 0.3) is 0 Å². The van der Waals surface area contributed by atoms with E-state index >= 15 is 0 Å². The molecule has 0 fully saturated rings. The molecule has 0 aliphatic rings. The number of carboxylic acids is 1. The van der Waals surface area contributed by atoms with Gasteiger partial charge < -0.3 is 10.4 Å². The maximum absolute atomic E-state index is 12.4. The predicted octanol–water partition coefficient (Wildman–Crippen LogP) is 2.49. The van der Waals surface area contributed by atoms with Gasteiger partial charge in [-0.25, -0.2) is 0 Å². The van der Waals surface area contributed by atoms with E-state index in [9.17, 15) is 22.8 Å². The van der Waals surface area contributed by atoms with Crippen molar-refractivity contribution in [3.8, 4) is 0 Å². The number of nitrogens with one attached hydrogen (secondary N) is 2. The van der Waals surface area contributed by atoms with E-state index in [1.807, 2.05) is 6.92 Å². The smallest absolute Gasteiger partial charge is 0.416 e. The Hall–Kier alpha value is -2.09. The second-order valence-corrected chi connectivity index (χ2v) is 4.68. The summed E-state index contributed by atoms with van der Waals surface area (Å²) in [5.41, 5.74) is -0.598. The standard InChI is InChI=1S/C14H17F3N2O3/c1-2-3-11(13(21)22)18-8-12(20)19-10-6-4-9(5-7-10)14(15,16)17/h4-7,11,18H,2-3,8H2,1H3,(H,19,20)(H,21,22). The lowest BCUT2D eigenvalue weighted by Crippen LogP contribution is -2.41. The number of rotatable bonds is 7. The summed E-state index contributed by atoms with van der Waals surface area (Å²) in [5.74, 6) is -1.58. The number of alkyl halides is 3. The minimum absolute atomic E-state index is 0.210. The van der Waals surface area contributed by atoms with E-state index in [2.05, 4.69) is 10.6 Å². The first kappa shape index (κ1) is 18.0. The van der Waals surface area contributed by atoms with Crippen molar-refractivity contribution in [2.24, 2.45) is 0 Å². The molecule has 0 heterocycles. The van der Waals surface area contributed by atoms with Crippen LogP contribution in [0.1, 0.15) is 25.3 Å². The molecule has 0 aliphatic carbocycles. The fraction of sp³-hybridized carbons (Fsp3) is 0.429. The molecule has 22 heavy (non-hydrogen) atoms. The summed E-state index contributed by atoms with van der Waals surface area (Å²) in [5, 5.41) is 13.9. The zero-order chi connectivity index (χ0) is 16.8. The first-order valence-corrected chi connectivity index (χ1v) is 6.67. The topological polar surface area (TPSA) is 78.4 Å². The van der Waals surface area contributed by atoms with Crippen LogP contribution in [0.15, 0.2) is 24.3 Å². The van der Waals surface area contributed by atoms with Crippen LogP contribution in [0.5, 0.6) is 0 Å². The van der Waals surface area contributed by atoms with Gasteiger partial charge in [0.05, 0.1) is 12.1 Å². The maximum atomic E-state index is 12.4. The number of carbonyl (C=O) groups excluding carboxylic acids is 1. The molecule has 0 spiro atoms. The number of halogens is 3. The Morgan fingerprint density at radius 2 is 1.82 bits per heavy atom. The van der Waals surface area contributed by atoms with Crippen LogP contribution in [0.4, 0.5) is 18.9 Å². The molecular formula is C14H17F3N2O3. The van der Waals surface area contributed by atoms with E-state index in [1.54, 1.807) is 0 Å². The van der Waals surface area contributed by atoms with E-state index < -0.39 is 29.7 Å². The molecule has 1 amide bonds. The average molecular weight is 318 g/mol. The number of anilines is 1. The summed E-state index contributed by atoms with van der Waals surface area (Å²) in [6.45, 7) is 1.58. The monoisotopic (exact) mass is 318 g/mol. The molecule has 1 aromatic rings. The summed E-state index contributed by atoms with van der Waals surface area (Å²) >= 11 is 0. The van der Waals surface area contributed by atoms with Gasteiger partial charge in [-0.2, -0.15) is 13.2 Å². The molecule has 1 aromatic carbocycles. The van der Waals surface area contributed by atoms with Crippen LogP contribution < -0.4 is 10.6 Å².